The zero-order chi connectivity index (χ0) is 19.0. The third kappa shape index (κ3) is 6.89. The van der Waals surface area contributed by atoms with Crippen LogP contribution in [0.5, 0.6) is 0 Å². The van der Waals surface area contributed by atoms with Crippen LogP contribution in [-0.4, -0.2) is 12.2 Å². The molecule has 0 bridgehead atoms. The maximum Gasteiger partial charge on any atom is 0.476 e. The minimum absolute atomic E-state index is 0.283. The quantitative estimate of drug-likeness (QED) is 0.475. The lowest BCUT2D eigenvalue weighted by Crippen LogP contribution is -2.12. The summed E-state index contributed by atoms with van der Waals surface area (Å²) in [5, 5.41) is 0. The van der Waals surface area contributed by atoms with Crippen LogP contribution >= 0.6 is 7.82 Å². The van der Waals surface area contributed by atoms with Crippen LogP contribution in [-0.2, 0) is 18.1 Å². The molecule has 0 spiro atoms. The van der Waals surface area contributed by atoms with Crippen LogP contribution in [0, 0.1) is 0 Å². The van der Waals surface area contributed by atoms with Crippen LogP contribution in [0.1, 0.15) is 44.9 Å². The Morgan fingerprint density at radius 3 is 1.77 bits per heavy atom. The summed E-state index contributed by atoms with van der Waals surface area (Å²) >= 11 is 0. The van der Waals surface area contributed by atoms with Crippen LogP contribution < -0.4 is 0 Å². The summed E-state index contributed by atoms with van der Waals surface area (Å²) in [6.07, 6.45) is 2.68. The molecule has 0 saturated heterocycles. The van der Waals surface area contributed by atoms with Crippen molar-refractivity contribution in [1.82, 2.24) is 0 Å². The first-order valence-electron chi connectivity index (χ1n) is 8.81. The largest absolute Gasteiger partial charge is 0.476 e. The lowest BCUT2D eigenvalue weighted by molar-refractivity contribution is 0.0581. The third-order valence-electron chi connectivity index (χ3n) is 3.31. The van der Waals surface area contributed by atoms with Crippen molar-refractivity contribution in [1.29, 1.82) is 0 Å². The Morgan fingerprint density at radius 1 is 0.769 bits per heavy atom. The van der Waals surface area contributed by atoms with Gasteiger partial charge < -0.3 is 0 Å². The monoisotopic (exact) mass is 374 g/mol. The van der Waals surface area contributed by atoms with Crippen molar-refractivity contribution in [2.75, 3.05) is 0 Å². The Kier molecular flexibility index (Phi) is 7.80. The number of phosphoric acid groups is 1. The standard InChI is InChI=1S/C21H27O4P/c1-17(2)23-26(22,24-18(3)4)25-21(20-13-9-6-10-14-20)16-15-19-11-7-5-8-12-19/h5-18,21H,1-4H3. The lowest BCUT2D eigenvalue weighted by Gasteiger charge is -2.25. The SMILES string of the molecule is CC(C)OP(=O)(OC(C)C)OC(C=Cc1ccccc1)c1ccccc1. The Hall–Kier alpha value is -1.71. The molecule has 1 unspecified atom stereocenters. The van der Waals surface area contributed by atoms with E-state index in [1.165, 1.54) is 0 Å². The molecular formula is C21H27O4P. The molecule has 26 heavy (non-hydrogen) atoms. The van der Waals surface area contributed by atoms with Crippen LogP contribution in [0.25, 0.3) is 6.08 Å². The molecule has 0 aliphatic carbocycles. The van der Waals surface area contributed by atoms with E-state index in [1.807, 2.05) is 72.8 Å². The van der Waals surface area contributed by atoms with Gasteiger partial charge in [-0.2, -0.15) is 0 Å². The zero-order valence-corrected chi connectivity index (χ0v) is 16.6. The number of hydrogen-bond donors (Lipinski definition) is 0. The maximum atomic E-state index is 13.1. The van der Waals surface area contributed by atoms with Crippen molar-refractivity contribution in [3.63, 3.8) is 0 Å². The average molecular weight is 374 g/mol. The van der Waals surface area contributed by atoms with E-state index in [0.717, 1.165) is 11.1 Å². The molecule has 0 aliphatic heterocycles. The Bertz CT molecular complexity index is 712. The molecule has 2 aromatic carbocycles. The molecule has 0 fully saturated rings. The predicted octanol–water partition coefficient (Wildman–Crippen LogP) is 6.42. The molecule has 0 aliphatic rings. The molecule has 1 atom stereocenters. The normalized spacial score (nSPS) is 13.6. The Labute approximate surface area is 156 Å². The van der Waals surface area contributed by atoms with E-state index in [-0.39, 0.29) is 12.2 Å². The van der Waals surface area contributed by atoms with Gasteiger partial charge in [0.25, 0.3) is 0 Å². The highest BCUT2D eigenvalue weighted by molar-refractivity contribution is 7.48. The van der Waals surface area contributed by atoms with Gasteiger partial charge in [-0.05, 0) is 38.8 Å². The second-order valence-electron chi connectivity index (χ2n) is 6.46. The van der Waals surface area contributed by atoms with Gasteiger partial charge in [0.15, 0.2) is 0 Å². The van der Waals surface area contributed by atoms with Crippen molar-refractivity contribution in [2.24, 2.45) is 0 Å². The molecule has 2 rings (SSSR count). The molecular weight excluding hydrogens is 347 g/mol. The van der Waals surface area contributed by atoms with E-state index in [4.69, 9.17) is 13.6 Å². The van der Waals surface area contributed by atoms with E-state index < -0.39 is 13.9 Å². The van der Waals surface area contributed by atoms with Gasteiger partial charge in [-0.3, -0.25) is 13.6 Å². The Balaban J connectivity index is 2.30. The van der Waals surface area contributed by atoms with Gasteiger partial charge in [0.1, 0.15) is 6.10 Å². The van der Waals surface area contributed by atoms with Crippen molar-refractivity contribution in [3.8, 4) is 0 Å². The lowest BCUT2D eigenvalue weighted by atomic mass is 10.1. The highest BCUT2D eigenvalue weighted by atomic mass is 31.2. The molecule has 0 aromatic heterocycles. The summed E-state index contributed by atoms with van der Waals surface area (Å²) in [5.41, 5.74) is 1.90. The first-order chi connectivity index (χ1) is 12.4. The minimum Gasteiger partial charge on any atom is -0.284 e. The first kappa shape index (κ1) is 20.6. The molecule has 4 nitrogen and oxygen atoms in total. The first-order valence-corrected chi connectivity index (χ1v) is 10.3. The summed E-state index contributed by atoms with van der Waals surface area (Å²) in [4.78, 5) is 0. The minimum atomic E-state index is -3.73. The van der Waals surface area contributed by atoms with Crippen molar-refractivity contribution in [3.05, 3.63) is 77.9 Å². The molecule has 0 saturated carbocycles. The summed E-state index contributed by atoms with van der Waals surface area (Å²) in [7, 11) is -3.73. The molecule has 5 heteroatoms. The number of rotatable bonds is 9. The van der Waals surface area contributed by atoms with E-state index in [0.29, 0.717) is 0 Å². The maximum absolute atomic E-state index is 13.1. The molecule has 0 radical (unpaired) electrons. The predicted molar refractivity (Wildman–Crippen MR) is 106 cm³/mol. The average Bonchev–Trinajstić information content (AvgIpc) is 2.59. The highest BCUT2D eigenvalue weighted by Crippen LogP contribution is 2.55. The topological polar surface area (TPSA) is 44.8 Å². The molecule has 0 amide bonds. The number of benzene rings is 2. The van der Waals surface area contributed by atoms with Crippen LogP contribution in [0.15, 0.2) is 66.7 Å². The van der Waals surface area contributed by atoms with Gasteiger partial charge in [0.05, 0.1) is 12.2 Å². The molecule has 2 aromatic rings. The molecule has 140 valence electrons. The van der Waals surface area contributed by atoms with Crippen molar-refractivity contribution < 1.29 is 18.1 Å². The van der Waals surface area contributed by atoms with E-state index in [2.05, 4.69) is 0 Å². The van der Waals surface area contributed by atoms with Gasteiger partial charge in [-0.1, -0.05) is 72.8 Å². The number of phosphoric ester groups is 1. The smallest absolute Gasteiger partial charge is 0.284 e. The fourth-order valence-electron chi connectivity index (χ4n) is 2.34. The fourth-order valence-corrected chi connectivity index (χ4v) is 3.99. The van der Waals surface area contributed by atoms with E-state index in [9.17, 15) is 4.57 Å². The second kappa shape index (κ2) is 9.84. The van der Waals surface area contributed by atoms with Gasteiger partial charge in [0.2, 0.25) is 0 Å². The summed E-state index contributed by atoms with van der Waals surface area (Å²) in [6, 6.07) is 19.5. The number of hydrogen-bond acceptors (Lipinski definition) is 4. The summed E-state index contributed by atoms with van der Waals surface area (Å²) in [6.45, 7) is 7.21. The zero-order valence-electron chi connectivity index (χ0n) is 15.7. The highest BCUT2D eigenvalue weighted by Gasteiger charge is 2.33. The van der Waals surface area contributed by atoms with Gasteiger partial charge in [-0.15, -0.1) is 0 Å². The van der Waals surface area contributed by atoms with Crippen LogP contribution in [0.4, 0.5) is 0 Å². The van der Waals surface area contributed by atoms with Crippen molar-refractivity contribution >= 4 is 13.9 Å². The molecule has 0 heterocycles. The van der Waals surface area contributed by atoms with Crippen molar-refractivity contribution in [2.45, 2.75) is 46.0 Å². The Morgan fingerprint density at radius 2 is 1.27 bits per heavy atom. The van der Waals surface area contributed by atoms with Gasteiger partial charge in [0, 0.05) is 0 Å². The van der Waals surface area contributed by atoms with E-state index >= 15 is 0 Å². The van der Waals surface area contributed by atoms with Gasteiger partial charge >= 0.3 is 7.82 Å². The molecule has 0 N–H and O–H groups in total. The third-order valence-corrected chi connectivity index (χ3v) is 5.16. The fraction of sp³-hybridized carbons (Fsp3) is 0.333. The summed E-state index contributed by atoms with van der Waals surface area (Å²) in [5.74, 6) is 0. The van der Waals surface area contributed by atoms with Crippen LogP contribution in [0.3, 0.4) is 0 Å². The van der Waals surface area contributed by atoms with Gasteiger partial charge in [-0.25, -0.2) is 4.57 Å². The van der Waals surface area contributed by atoms with Crippen LogP contribution in [0.2, 0.25) is 0 Å². The van der Waals surface area contributed by atoms with E-state index in [1.54, 1.807) is 27.7 Å². The summed E-state index contributed by atoms with van der Waals surface area (Å²) < 4.78 is 30.1. The second-order valence-corrected chi connectivity index (χ2v) is 7.99.